The molecule has 38 heavy (non-hydrogen) atoms. The predicted octanol–water partition coefficient (Wildman–Crippen LogP) is 3.40. The third-order valence-corrected chi connectivity index (χ3v) is 7.32. The molecule has 2 aromatic heterocycles. The number of aromatic nitrogens is 3. The molecule has 1 fully saturated rings. The molecule has 0 saturated carbocycles. The number of likely N-dealkylation sites (tertiary alicyclic amines) is 1. The molecule has 1 saturated heterocycles. The van der Waals surface area contributed by atoms with Gasteiger partial charge in [-0.1, -0.05) is 11.3 Å². The van der Waals surface area contributed by atoms with E-state index in [-0.39, 0.29) is 69.7 Å². The van der Waals surface area contributed by atoms with Crippen LogP contribution < -0.4 is 21.1 Å². The number of methoxy groups -OCH3 is 1. The van der Waals surface area contributed by atoms with Gasteiger partial charge in [0.25, 0.3) is 0 Å². The Hall–Kier alpha value is -3.85. The van der Waals surface area contributed by atoms with Crippen molar-refractivity contribution in [3.05, 3.63) is 35.4 Å². The molecule has 1 amide bonds. The van der Waals surface area contributed by atoms with Crippen LogP contribution in [0.15, 0.2) is 18.2 Å². The number of hydrogen-bond donors (Lipinski definition) is 2. The number of carbonyl (C=O) groups excluding carboxylic acids is 1. The molecular weight excluding hydrogens is 533 g/mol. The summed E-state index contributed by atoms with van der Waals surface area (Å²) in [5.41, 5.74) is 7.98. The second-order valence-corrected chi connectivity index (χ2v) is 9.66. The van der Waals surface area contributed by atoms with E-state index in [4.69, 9.17) is 16.2 Å². The van der Waals surface area contributed by atoms with E-state index in [2.05, 4.69) is 15.0 Å². The number of nitrogens with zero attached hydrogens (tertiary/aromatic N) is 5. The fraction of sp³-hybridized carbons (Fsp3) is 0.304. The smallest absolute Gasteiger partial charge is 0.417 e. The molecule has 5 rings (SSSR count). The van der Waals surface area contributed by atoms with Gasteiger partial charge >= 0.3 is 12.2 Å². The monoisotopic (exact) mass is 553 g/mol. The van der Waals surface area contributed by atoms with Crippen LogP contribution in [0.25, 0.3) is 32.2 Å². The van der Waals surface area contributed by atoms with Gasteiger partial charge in [0.1, 0.15) is 17.2 Å². The highest BCUT2D eigenvalue weighted by Crippen LogP contribution is 2.46. The number of rotatable bonds is 5. The van der Waals surface area contributed by atoms with Crippen molar-refractivity contribution in [1.82, 2.24) is 19.9 Å². The molecule has 0 radical (unpaired) electrons. The van der Waals surface area contributed by atoms with Gasteiger partial charge in [-0.15, -0.1) is 0 Å². The van der Waals surface area contributed by atoms with Crippen LogP contribution in [0.4, 0.5) is 32.9 Å². The van der Waals surface area contributed by atoms with Crippen molar-refractivity contribution >= 4 is 49.3 Å². The van der Waals surface area contributed by atoms with Gasteiger partial charge in [0.05, 0.1) is 35.5 Å². The summed E-state index contributed by atoms with van der Waals surface area (Å²) in [5, 5.41) is -0.307. The van der Waals surface area contributed by atoms with E-state index in [1.54, 1.807) is 11.9 Å². The van der Waals surface area contributed by atoms with E-state index in [1.807, 2.05) is 0 Å². The number of nitrogen functional groups attached to an aromatic ring is 1. The Kier molecular flexibility index (Phi) is 6.22. The van der Waals surface area contributed by atoms with Gasteiger partial charge in [0.2, 0.25) is 5.91 Å². The molecule has 0 bridgehead atoms. The first-order valence-electron chi connectivity index (χ1n) is 11.2. The number of fused-ring (bicyclic) bond motifs is 2. The lowest BCUT2D eigenvalue weighted by Gasteiger charge is -2.44. The quantitative estimate of drug-likeness (QED) is 0.361. The largest absolute Gasteiger partial charge is 0.467 e. The van der Waals surface area contributed by atoms with Crippen molar-refractivity contribution in [3.8, 4) is 17.1 Å². The zero-order valence-electron chi connectivity index (χ0n) is 19.9. The van der Waals surface area contributed by atoms with E-state index in [0.29, 0.717) is 0 Å². The summed E-state index contributed by atoms with van der Waals surface area (Å²) in [5.74, 6) is -2.35. The number of likely N-dealkylation sites (N-methyl/N-ethyl adjacent to an activating group) is 1. The molecule has 0 unspecified atom stereocenters. The van der Waals surface area contributed by atoms with Crippen molar-refractivity contribution in [2.45, 2.75) is 12.2 Å². The molecule has 0 spiro atoms. The Morgan fingerprint density at radius 3 is 2.55 bits per heavy atom. The number of benzene rings is 2. The number of halogens is 5. The Morgan fingerprint density at radius 2 is 1.92 bits per heavy atom. The molecule has 15 heteroatoms. The van der Waals surface area contributed by atoms with Crippen LogP contribution in [0, 0.1) is 11.6 Å². The second-order valence-electron chi connectivity index (χ2n) is 8.63. The molecule has 0 atom stereocenters. The Morgan fingerprint density at radius 1 is 1.21 bits per heavy atom. The third kappa shape index (κ3) is 4.11. The lowest BCUT2D eigenvalue weighted by atomic mass is 9.95. The maximum absolute atomic E-state index is 16.2. The van der Waals surface area contributed by atoms with Gasteiger partial charge in [0, 0.05) is 36.7 Å². The molecule has 4 N–H and O–H groups in total. The molecule has 0 aliphatic carbocycles. The highest BCUT2D eigenvalue weighted by atomic mass is 32.1. The lowest BCUT2D eigenvalue weighted by Crippen LogP contribution is -2.61. The Bertz CT molecular complexity index is 1590. The Labute approximate surface area is 215 Å². The first kappa shape index (κ1) is 25.8. The van der Waals surface area contributed by atoms with Gasteiger partial charge in [-0.2, -0.15) is 23.1 Å². The lowest BCUT2D eigenvalue weighted by molar-refractivity contribution is -0.137. The number of hydrogen-bond acceptors (Lipinski definition) is 9. The summed E-state index contributed by atoms with van der Waals surface area (Å²) in [7, 11) is 2.80. The van der Waals surface area contributed by atoms with E-state index < -0.39 is 34.5 Å². The molecule has 1 aliphatic rings. The average Bonchev–Trinajstić information content (AvgIpc) is 3.24. The van der Waals surface area contributed by atoms with Crippen molar-refractivity contribution in [3.63, 3.8) is 0 Å². The third-order valence-electron chi connectivity index (χ3n) is 6.43. The number of amides is 1. The molecule has 4 aromatic rings. The summed E-state index contributed by atoms with van der Waals surface area (Å²) in [4.78, 5) is 27.0. The fourth-order valence-corrected chi connectivity index (χ4v) is 5.20. The van der Waals surface area contributed by atoms with Gasteiger partial charge in [0.15, 0.2) is 10.9 Å². The average molecular weight is 554 g/mol. The Balaban J connectivity index is 1.75. The van der Waals surface area contributed by atoms with Crippen molar-refractivity contribution in [2.75, 3.05) is 44.4 Å². The molecule has 2 aromatic carbocycles. The van der Waals surface area contributed by atoms with Crippen LogP contribution in [0.1, 0.15) is 5.56 Å². The van der Waals surface area contributed by atoms with Crippen LogP contribution in [0.2, 0.25) is 0 Å². The van der Waals surface area contributed by atoms with Crippen LogP contribution in [0.3, 0.4) is 0 Å². The molecule has 1 aliphatic heterocycles. The second kappa shape index (κ2) is 9.16. The summed E-state index contributed by atoms with van der Waals surface area (Å²) in [6, 6.07) is 2.12. The maximum Gasteiger partial charge on any atom is 0.417 e. The van der Waals surface area contributed by atoms with Crippen LogP contribution in [-0.4, -0.2) is 65.6 Å². The van der Waals surface area contributed by atoms with E-state index in [9.17, 15) is 22.4 Å². The summed E-state index contributed by atoms with van der Waals surface area (Å²) < 4.78 is 78.7. The SMILES string of the molecule is COc1nc(N(C)C2CN(C(=O)CN)C2)c2cc(C(F)(F)F)c(-c3ccc(F)c4sc(N)nc34)c(F)c2n1. The summed E-state index contributed by atoms with van der Waals surface area (Å²) >= 11 is 0.739. The number of ether oxygens (including phenoxy) is 1. The predicted molar refractivity (Wildman–Crippen MR) is 132 cm³/mol. The first-order valence-corrected chi connectivity index (χ1v) is 12.0. The standard InChI is InChI=1S/C23H20F5N7O2S/c1-34(9-7-35(8-9)14(36)6-29)20-11-5-12(23(26,27)28)15(16(25)17(11)32-22(33-20)37-2)10-3-4-13(24)19-18(10)31-21(30)38-19/h3-5,9H,6-8,29H2,1-2H3,(H2,30,31). The van der Waals surface area contributed by atoms with Gasteiger partial charge in [-0.25, -0.2) is 13.8 Å². The van der Waals surface area contributed by atoms with E-state index >= 15 is 4.39 Å². The number of carbonyl (C=O) groups is 1. The number of thiazole rings is 1. The number of nitrogens with two attached hydrogens (primary N) is 2. The van der Waals surface area contributed by atoms with Gasteiger partial charge < -0.3 is 26.0 Å². The molecule has 3 heterocycles. The normalized spacial score (nSPS) is 14.3. The zero-order valence-corrected chi connectivity index (χ0v) is 20.8. The molecule has 9 nitrogen and oxygen atoms in total. The minimum atomic E-state index is -5.01. The zero-order chi connectivity index (χ0) is 27.5. The number of anilines is 2. The molecule has 200 valence electrons. The van der Waals surface area contributed by atoms with Gasteiger partial charge in [-0.3, -0.25) is 4.79 Å². The summed E-state index contributed by atoms with van der Waals surface area (Å²) in [6.45, 7) is 0.336. The van der Waals surface area contributed by atoms with Crippen molar-refractivity contribution < 1.29 is 31.5 Å². The van der Waals surface area contributed by atoms with Crippen molar-refractivity contribution in [1.29, 1.82) is 0 Å². The topological polar surface area (TPSA) is 123 Å². The van der Waals surface area contributed by atoms with Gasteiger partial charge in [-0.05, 0) is 18.2 Å². The molecular formula is C23H20F5N7O2S. The minimum Gasteiger partial charge on any atom is -0.467 e. The highest BCUT2D eigenvalue weighted by Gasteiger charge is 2.39. The van der Waals surface area contributed by atoms with Crippen LogP contribution in [0.5, 0.6) is 6.01 Å². The fourth-order valence-electron chi connectivity index (χ4n) is 4.44. The maximum atomic E-state index is 16.2. The summed E-state index contributed by atoms with van der Waals surface area (Å²) in [6.07, 6.45) is -5.01. The van der Waals surface area contributed by atoms with Crippen molar-refractivity contribution in [2.24, 2.45) is 5.73 Å². The number of alkyl halides is 3. The van der Waals surface area contributed by atoms with Crippen LogP contribution in [-0.2, 0) is 11.0 Å². The first-order chi connectivity index (χ1) is 17.9. The highest BCUT2D eigenvalue weighted by molar-refractivity contribution is 7.22. The van der Waals surface area contributed by atoms with E-state index in [0.717, 1.165) is 29.5 Å². The van der Waals surface area contributed by atoms with E-state index in [1.165, 1.54) is 12.0 Å². The van der Waals surface area contributed by atoms with Crippen LogP contribution >= 0.6 is 11.3 Å². The minimum absolute atomic E-state index is 0.0187.